The summed E-state index contributed by atoms with van der Waals surface area (Å²) in [4.78, 5) is 24.2. The lowest BCUT2D eigenvalue weighted by molar-refractivity contribution is -0.129. The molecule has 0 saturated carbocycles. The van der Waals surface area contributed by atoms with E-state index in [9.17, 15) is 9.59 Å². The molecule has 0 spiro atoms. The maximum atomic E-state index is 11.5. The van der Waals surface area contributed by atoms with Gasteiger partial charge in [0.1, 0.15) is 0 Å². The molecule has 0 fully saturated rings. The van der Waals surface area contributed by atoms with Gasteiger partial charge in [0.25, 0.3) is 0 Å². The summed E-state index contributed by atoms with van der Waals surface area (Å²) >= 11 is 0. The number of hydrogen-bond donors (Lipinski definition) is 1. The molecule has 26 heavy (non-hydrogen) atoms. The van der Waals surface area contributed by atoms with Crippen molar-refractivity contribution < 1.29 is 9.59 Å². The maximum absolute atomic E-state index is 11.5. The van der Waals surface area contributed by atoms with Crippen LogP contribution in [0.5, 0.6) is 0 Å². The summed E-state index contributed by atoms with van der Waals surface area (Å²) in [6.07, 6.45) is 19.2. The average Bonchev–Trinajstić information content (AvgIpc) is 2.60. The first-order valence-electron chi connectivity index (χ1n) is 11.1. The molecule has 2 amide bonds. The molecular weight excluding hydrogens is 324 g/mol. The lowest BCUT2D eigenvalue weighted by Crippen LogP contribution is -2.30. The Morgan fingerprint density at radius 3 is 1.42 bits per heavy atom. The lowest BCUT2D eigenvalue weighted by Gasteiger charge is -2.20. The number of carbonyl (C=O) groups excluding carboxylic acids is 2. The molecule has 0 aliphatic carbocycles. The van der Waals surface area contributed by atoms with Gasteiger partial charge in [-0.2, -0.15) is 0 Å². The third kappa shape index (κ3) is 17.8. The van der Waals surface area contributed by atoms with Gasteiger partial charge in [-0.3, -0.25) is 9.59 Å². The van der Waals surface area contributed by atoms with Crippen LogP contribution in [0.25, 0.3) is 0 Å². The van der Waals surface area contributed by atoms with Gasteiger partial charge < -0.3 is 10.6 Å². The first-order valence-corrected chi connectivity index (χ1v) is 11.1. The number of nitrogens with two attached hydrogens (primary N) is 1. The molecule has 0 atom stereocenters. The van der Waals surface area contributed by atoms with Crippen LogP contribution in [0.1, 0.15) is 117 Å². The van der Waals surface area contributed by atoms with E-state index in [-0.39, 0.29) is 11.8 Å². The summed E-state index contributed by atoms with van der Waals surface area (Å²) in [5, 5.41) is 0. The molecule has 4 heteroatoms. The van der Waals surface area contributed by atoms with Crippen LogP contribution in [0.4, 0.5) is 0 Å². The SMILES string of the molecule is CCCCN(CCCCCCCCCCCCCCCC(N)=O)C(C)=O. The Hall–Kier alpha value is -1.06. The third-order valence-corrected chi connectivity index (χ3v) is 5.08. The van der Waals surface area contributed by atoms with Crippen molar-refractivity contribution >= 4 is 11.8 Å². The van der Waals surface area contributed by atoms with Gasteiger partial charge in [0.2, 0.25) is 11.8 Å². The molecular formula is C22H44N2O2. The Balaban J connectivity index is 3.26. The second kappa shape index (κ2) is 18.7. The van der Waals surface area contributed by atoms with Crippen molar-refractivity contribution in [2.75, 3.05) is 13.1 Å². The second-order valence-electron chi connectivity index (χ2n) is 7.67. The van der Waals surface area contributed by atoms with Crippen LogP contribution in [-0.2, 0) is 9.59 Å². The molecule has 0 aromatic carbocycles. The fourth-order valence-corrected chi connectivity index (χ4v) is 3.32. The minimum Gasteiger partial charge on any atom is -0.370 e. The molecule has 0 aromatic rings. The van der Waals surface area contributed by atoms with Crippen molar-refractivity contribution in [3.63, 3.8) is 0 Å². The van der Waals surface area contributed by atoms with E-state index in [1.165, 1.54) is 64.2 Å². The fraction of sp³-hybridized carbons (Fsp3) is 0.909. The highest BCUT2D eigenvalue weighted by atomic mass is 16.2. The zero-order valence-corrected chi connectivity index (χ0v) is 17.6. The normalized spacial score (nSPS) is 10.8. The molecule has 0 saturated heterocycles. The van der Waals surface area contributed by atoms with Crippen molar-refractivity contribution in [1.82, 2.24) is 4.90 Å². The quantitative estimate of drug-likeness (QED) is 0.302. The van der Waals surface area contributed by atoms with Crippen molar-refractivity contribution in [3.8, 4) is 0 Å². The maximum Gasteiger partial charge on any atom is 0.219 e. The minimum absolute atomic E-state index is 0.169. The average molecular weight is 369 g/mol. The minimum atomic E-state index is -0.169. The van der Waals surface area contributed by atoms with Crippen molar-refractivity contribution in [2.45, 2.75) is 117 Å². The number of hydrogen-bond acceptors (Lipinski definition) is 2. The van der Waals surface area contributed by atoms with Crippen molar-refractivity contribution in [1.29, 1.82) is 0 Å². The number of primary amides is 1. The van der Waals surface area contributed by atoms with Gasteiger partial charge in [-0.05, 0) is 19.3 Å². The summed E-state index contributed by atoms with van der Waals surface area (Å²) < 4.78 is 0. The van der Waals surface area contributed by atoms with E-state index in [0.717, 1.165) is 45.2 Å². The smallest absolute Gasteiger partial charge is 0.219 e. The molecule has 0 aliphatic heterocycles. The van der Waals surface area contributed by atoms with Gasteiger partial charge in [-0.25, -0.2) is 0 Å². The summed E-state index contributed by atoms with van der Waals surface area (Å²) in [7, 11) is 0. The molecule has 0 bridgehead atoms. The zero-order valence-electron chi connectivity index (χ0n) is 17.6. The first kappa shape index (κ1) is 24.9. The first-order chi connectivity index (χ1) is 12.6. The molecule has 0 rings (SSSR count). The van der Waals surface area contributed by atoms with Crippen LogP contribution in [0.2, 0.25) is 0 Å². The molecule has 4 nitrogen and oxygen atoms in total. The summed E-state index contributed by atoms with van der Waals surface area (Å²) in [6.45, 7) is 5.73. The van der Waals surface area contributed by atoms with Crippen LogP contribution in [0.3, 0.4) is 0 Å². The zero-order chi connectivity index (χ0) is 19.5. The predicted molar refractivity (Wildman–Crippen MR) is 111 cm³/mol. The van der Waals surface area contributed by atoms with Crippen LogP contribution in [-0.4, -0.2) is 29.8 Å². The van der Waals surface area contributed by atoms with Crippen LogP contribution in [0.15, 0.2) is 0 Å². The standard InChI is InChI=1S/C22H44N2O2/c1-3-4-19-24(21(2)25)20-17-15-13-11-9-7-5-6-8-10-12-14-16-18-22(23)26/h3-20H2,1-2H3,(H2,23,26). The summed E-state index contributed by atoms with van der Waals surface area (Å²) in [5.41, 5.74) is 5.13. The van der Waals surface area contributed by atoms with Gasteiger partial charge in [0, 0.05) is 26.4 Å². The Morgan fingerprint density at radius 2 is 1.04 bits per heavy atom. The van der Waals surface area contributed by atoms with E-state index < -0.39 is 0 Å². The highest BCUT2D eigenvalue weighted by Crippen LogP contribution is 2.13. The van der Waals surface area contributed by atoms with E-state index in [0.29, 0.717) is 6.42 Å². The van der Waals surface area contributed by atoms with E-state index in [1.807, 2.05) is 4.90 Å². The molecule has 154 valence electrons. The number of rotatable bonds is 19. The van der Waals surface area contributed by atoms with Crippen LogP contribution in [0, 0.1) is 0 Å². The monoisotopic (exact) mass is 368 g/mol. The van der Waals surface area contributed by atoms with Crippen LogP contribution >= 0.6 is 0 Å². The van der Waals surface area contributed by atoms with Gasteiger partial charge in [-0.1, -0.05) is 84.0 Å². The van der Waals surface area contributed by atoms with E-state index in [4.69, 9.17) is 5.73 Å². The van der Waals surface area contributed by atoms with Crippen molar-refractivity contribution in [2.24, 2.45) is 5.73 Å². The Morgan fingerprint density at radius 1 is 0.654 bits per heavy atom. The van der Waals surface area contributed by atoms with Crippen molar-refractivity contribution in [3.05, 3.63) is 0 Å². The molecule has 2 N–H and O–H groups in total. The van der Waals surface area contributed by atoms with Gasteiger partial charge in [-0.15, -0.1) is 0 Å². The Kier molecular flexibility index (Phi) is 18.0. The molecule has 0 radical (unpaired) electrons. The van der Waals surface area contributed by atoms with Gasteiger partial charge in [0.15, 0.2) is 0 Å². The second-order valence-corrected chi connectivity index (χ2v) is 7.67. The predicted octanol–water partition coefficient (Wildman–Crippen LogP) is 5.58. The lowest BCUT2D eigenvalue weighted by atomic mass is 10.0. The highest BCUT2D eigenvalue weighted by Gasteiger charge is 2.06. The highest BCUT2D eigenvalue weighted by molar-refractivity contribution is 5.73. The number of carbonyl (C=O) groups is 2. The van der Waals surface area contributed by atoms with Crippen LogP contribution < -0.4 is 5.73 Å². The van der Waals surface area contributed by atoms with Gasteiger partial charge in [0.05, 0.1) is 0 Å². The number of amides is 2. The Bertz CT molecular complexity index is 345. The summed E-state index contributed by atoms with van der Waals surface area (Å²) in [5.74, 6) is 0.0593. The summed E-state index contributed by atoms with van der Waals surface area (Å²) in [6, 6.07) is 0. The number of nitrogens with zero attached hydrogens (tertiary/aromatic N) is 1. The Labute approximate surface area is 162 Å². The van der Waals surface area contributed by atoms with E-state index in [2.05, 4.69) is 6.92 Å². The van der Waals surface area contributed by atoms with E-state index in [1.54, 1.807) is 6.92 Å². The molecule has 0 unspecified atom stereocenters. The largest absolute Gasteiger partial charge is 0.370 e. The van der Waals surface area contributed by atoms with E-state index >= 15 is 0 Å². The fourth-order valence-electron chi connectivity index (χ4n) is 3.32. The van der Waals surface area contributed by atoms with Gasteiger partial charge >= 0.3 is 0 Å². The molecule has 0 aromatic heterocycles. The molecule has 0 aliphatic rings. The third-order valence-electron chi connectivity index (χ3n) is 5.08. The molecule has 0 heterocycles. The number of unbranched alkanes of at least 4 members (excludes halogenated alkanes) is 13. The topological polar surface area (TPSA) is 63.4 Å².